The summed E-state index contributed by atoms with van der Waals surface area (Å²) in [6.07, 6.45) is 0. The number of nitrogens with zero attached hydrogens (tertiary/aromatic N) is 1. The second-order valence-electron chi connectivity index (χ2n) is 6.39. The van der Waals surface area contributed by atoms with Crippen LogP contribution in [0.25, 0.3) is 0 Å². The van der Waals surface area contributed by atoms with Gasteiger partial charge in [-0.05, 0) is 30.3 Å². The molecular weight excluding hydrogens is 332 g/mol. The maximum absolute atomic E-state index is 12.9. The van der Waals surface area contributed by atoms with E-state index in [-0.39, 0.29) is 17.4 Å². The number of ether oxygens (including phenoxy) is 1. The molecule has 1 spiro atoms. The molecule has 2 aliphatic rings. The van der Waals surface area contributed by atoms with E-state index in [1.807, 2.05) is 12.1 Å². The predicted molar refractivity (Wildman–Crippen MR) is 93.0 cm³/mol. The number of phenols is 2. The number of hydrogen-bond acceptors (Lipinski definition) is 5. The molecule has 6 heteroatoms. The van der Waals surface area contributed by atoms with E-state index in [2.05, 4.69) is 0 Å². The molecule has 0 bridgehead atoms. The number of fused-ring (bicyclic) bond motifs is 6. The van der Waals surface area contributed by atoms with Crippen molar-refractivity contribution in [3.05, 3.63) is 82.9 Å². The molecule has 128 valence electrons. The number of rotatable bonds is 0. The van der Waals surface area contributed by atoms with Crippen LogP contribution < -0.4 is 10.6 Å². The highest BCUT2D eigenvalue weighted by atomic mass is 16.5. The average molecular weight is 346 g/mol. The second-order valence-corrected chi connectivity index (χ2v) is 6.39. The van der Waals surface area contributed by atoms with Gasteiger partial charge in [-0.2, -0.15) is 0 Å². The Balaban J connectivity index is 1.95. The van der Waals surface area contributed by atoms with Gasteiger partial charge < -0.3 is 14.9 Å². The van der Waals surface area contributed by atoms with Gasteiger partial charge in [0.2, 0.25) is 0 Å². The van der Waals surface area contributed by atoms with Gasteiger partial charge in [0, 0.05) is 34.4 Å². The van der Waals surface area contributed by atoms with Crippen molar-refractivity contribution in [3.63, 3.8) is 0 Å². The molecule has 0 fully saturated rings. The summed E-state index contributed by atoms with van der Waals surface area (Å²) in [4.78, 5) is 12.9. The van der Waals surface area contributed by atoms with Crippen LogP contribution in [0.15, 0.2) is 60.7 Å². The summed E-state index contributed by atoms with van der Waals surface area (Å²) in [5, 5.41) is 21.0. The van der Waals surface area contributed by atoms with Crippen LogP contribution in [-0.2, 0) is 5.54 Å². The van der Waals surface area contributed by atoms with Gasteiger partial charge >= 0.3 is 0 Å². The lowest BCUT2D eigenvalue weighted by atomic mass is 9.75. The molecule has 0 atom stereocenters. The zero-order valence-electron chi connectivity index (χ0n) is 13.5. The maximum atomic E-state index is 12.9. The van der Waals surface area contributed by atoms with E-state index in [0.29, 0.717) is 28.2 Å². The zero-order chi connectivity index (χ0) is 18.1. The third kappa shape index (κ3) is 1.61. The van der Waals surface area contributed by atoms with E-state index in [9.17, 15) is 15.0 Å². The first-order valence-electron chi connectivity index (χ1n) is 8.07. The Morgan fingerprint density at radius 3 is 2.04 bits per heavy atom. The quantitative estimate of drug-likeness (QED) is 0.430. The van der Waals surface area contributed by atoms with Crippen LogP contribution in [-0.4, -0.2) is 21.1 Å². The van der Waals surface area contributed by atoms with Crippen LogP contribution in [0.3, 0.4) is 0 Å². The maximum Gasteiger partial charge on any atom is 0.269 e. The molecule has 2 aliphatic heterocycles. The number of aromatic hydroxyl groups is 2. The highest BCUT2D eigenvalue weighted by Gasteiger charge is 2.55. The third-order valence-electron chi connectivity index (χ3n) is 5.06. The fourth-order valence-corrected chi connectivity index (χ4v) is 4.00. The molecule has 6 nitrogen and oxygen atoms in total. The van der Waals surface area contributed by atoms with Crippen LogP contribution in [0, 0.1) is 0 Å². The van der Waals surface area contributed by atoms with Gasteiger partial charge in [-0.25, -0.2) is 5.84 Å². The van der Waals surface area contributed by atoms with Crippen LogP contribution >= 0.6 is 0 Å². The first kappa shape index (κ1) is 14.8. The number of carbonyl (C=O) groups is 1. The topological polar surface area (TPSA) is 96.0 Å². The van der Waals surface area contributed by atoms with Crippen LogP contribution in [0.1, 0.15) is 27.0 Å². The van der Waals surface area contributed by atoms with Crippen molar-refractivity contribution in [2.45, 2.75) is 5.54 Å². The first-order chi connectivity index (χ1) is 12.5. The fourth-order valence-electron chi connectivity index (χ4n) is 4.00. The molecule has 3 aromatic carbocycles. The monoisotopic (exact) mass is 346 g/mol. The van der Waals surface area contributed by atoms with Gasteiger partial charge in [0.05, 0.1) is 0 Å². The Kier molecular flexibility index (Phi) is 2.72. The second kappa shape index (κ2) is 4.77. The number of hydrazine groups is 1. The fraction of sp³-hybridized carbons (Fsp3) is 0.0500. The molecule has 3 aromatic rings. The lowest BCUT2D eigenvalue weighted by Gasteiger charge is -2.41. The van der Waals surface area contributed by atoms with Gasteiger partial charge in [0.15, 0.2) is 0 Å². The number of carbonyl (C=O) groups excluding carboxylic acids is 1. The Morgan fingerprint density at radius 2 is 1.42 bits per heavy atom. The highest BCUT2D eigenvalue weighted by Crippen LogP contribution is 2.57. The normalized spacial score (nSPS) is 16.0. The molecule has 0 saturated carbocycles. The highest BCUT2D eigenvalue weighted by molar-refractivity contribution is 6.01. The standard InChI is InChI=1S/C20H14N2O4/c21-22-19(25)13-3-1-2-4-14(13)20(22)15-7-5-11(23)9-17(15)26-18-10-12(24)6-8-16(18)20/h1-10,23-24H,21H2. The molecule has 0 aliphatic carbocycles. The summed E-state index contributed by atoms with van der Waals surface area (Å²) < 4.78 is 5.91. The summed E-state index contributed by atoms with van der Waals surface area (Å²) in [5.41, 5.74) is 1.44. The third-order valence-corrected chi connectivity index (χ3v) is 5.06. The minimum Gasteiger partial charge on any atom is -0.508 e. The Morgan fingerprint density at radius 1 is 0.846 bits per heavy atom. The van der Waals surface area contributed by atoms with E-state index in [1.165, 1.54) is 29.3 Å². The van der Waals surface area contributed by atoms with Gasteiger partial charge in [-0.15, -0.1) is 0 Å². The number of benzene rings is 3. The van der Waals surface area contributed by atoms with Crippen molar-refractivity contribution >= 4 is 5.91 Å². The summed E-state index contributed by atoms with van der Waals surface area (Å²) >= 11 is 0. The molecule has 0 aromatic heterocycles. The summed E-state index contributed by atoms with van der Waals surface area (Å²) in [5.74, 6) is 6.86. The summed E-state index contributed by atoms with van der Waals surface area (Å²) in [6, 6.07) is 16.7. The Bertz CT molecular complexity index is 1040. The van der Waals surface area contributed by atoms with E-state index in [0.717, 1.165) is 5.56 Å². The molecule has 0 unspecified atom stereocenters. The van der Waals surface area contributed by atoms with Crippen molar-refractivity contribution in [3.8, 4) is 23.0 Å². The smallest absolute Gasteiger partial charge is 0.269 e. The number of amides is 1. The van der Waals surface area contributed by atoms with Crippen molar-refractivity contribution in [1.82, 2.24) is 5.01 Å². The molecule has 4 N–H and O–H groups in total. The van der Waals surface area contributed by atoms with Gasteiger partial charge in [-0.3, -0.25) is 9.80 Å². The molecule has 0 saturated heterocycles. The van der Waals surface area contributed by atoms with Gasteiger partial charge in [0.25, 0.3) is 5.91 Å². The molecule has 0 radical (unpaired) electrons. The molecule has 5 rings (SSSR count). The largest absolute Gasteiger partial charge is 0.508 e. The minimum atomic E-state index is -1.10. The Hall–Kier alpha value is -3.51. The van der Waals surface area contributed by atoms with Crippen molar-refractivity contribution in [2.24, 2.45) is 5.84 Å². The lowest BCUT2D eigenvalue weighted by molar-refractivity contribution is 0.0665. The molecule has 26 heavy (non-hydrogen) atoms. The van der Waals surface area contributed by atoms with Crippen molar-refractivity contribution in [2.75, 3.05) is 0 Å². The predicted octanol–water partition coefficient (Wildman–Crippen LogP) is 2.82. The molecular formula is C20H14N2O4. The minimum absolute atomic E-state index is 0.0312. The summed E-state index contributed by atoms with van der Waals surface area (Å²) in [6.45, 7) is 0. The van der Waals surface area contributed by atoms with E-state index < -0.39 is 5.54 Å². The number of nitrogens with two attached hydrogens (primary N) is 1. The van der Waals surface area contributed by atoms with E-state index in [1.54, 1.807) is 24.3 Å². The van der Waals surface area contributed by atoms with Crippen molar-refractivity contribution in [1.29, 1.82) is 0 Å². The zero-order valence-corrected chi connectivity index (χ0v) is 13.5. The first-order valence-corrected chi connectivity index (χ1v) is 8.07. The average Bonchev–Trinajstić information content (AvgIpc) is 2.85. The van der Waals surface area contributed by atoms with Gasteiger partial charge in [0.1, 0.15) is 28.5 Å². The van der Waals surface area contributed by atoms with Crippen LogP contribution in [0.4, 0.5) is 0 Å². The lowest BCUT2D eigenvalue weighted by Crippen LogP contribution is -2.51. The number of phenolic OH excluding ortho intramolecular Hbond substituents is 2. The molecule has 2 heterocycles. The Labute approximate surface area is 148 Å². The van der Waals surface area contributed by atoms with Crippen LogP contribution in [0.5, 0.6) is 23.0 Å². The van der Waals surface area contributed by atoms with E-state index >= 15 is 0 Å². The molecule has 1 amide bonds. The van der Waals surface area contributed by atoms with Crippen molar-refractivity contribution < 1.29 is 19.7 Å². The van der Waals surface area contributed by atoms with Gasteiger partial charge in [-0.1, -0.05) is 18.2 Å². The van der Waals surface area contributed by atoms with E-state index in [4.69, 9.17) is 10.6 Å². The summed E-state index contributed by atoms with van der Waals surface area (Å²) in [7, 11) is 0. The van der Waals surface area contributed by atoms with Crippen LogP contribution in [0.2, 0.25) is 0 Å². The SMILES string of the molecule is NN1C(=O)c2ccccc2C12c1ccc(O)cc1Oc1cc(O)ccc12. The number of hydrogen-bond donors (Lipinski definition) is 3.